The Morgan fingerprint density at radius 3 is 3.00 bits per heavy atom. The van der Waals surface area contributed by atoms with Crippen LogP contribution in [0.1, 0.15) is 24.8 Å². The zero-order chi connectivity index (χ0) is 13.5. The van der Waals surface area contributed by atoms with Crippen LogP contribution >= 0.6 is 0 Å². The second-order valence-corrected chi connectivity index (χ2v) is 5.03. The van der Waals surface area contributed by atoms with E-state index in [0.717, 1.165) is 18.9 Å². The zero-order valence-corrected chi connectivity index (χ0v) is 11.0. The molecule has 1 aromatic carbocycles. The Hall–Kier alpha value is -1.42. The van der Waals surface area contributed by atoms with E-state index < -0.39 is 0 Å². The van der Waals surface area contributed by atoms with Gasteiger partial charge >= 0.3 is 0 Å². The maximum absolute atomic E-state index is 12.9. The molecule has 0 bridgehead atoms. The highest BCUT2D eigenvalue weighted by molar-refractivity contribution is 5.78. The third kappa shape index (κ3) is 5.83. The number of ether oxygens (including phenoxy) is 1. The standard InChI is InChI=1S/C15H20FNO2/c16-14-4-1-3-13(9-14)10-15(18)17-7-2-8-19-11-12-5-6-12/h1,3-4,9,12H,2,5-8,10-11H2,(H,17,18). The van der Waals surface area contributed by atoms with Gasteiger partial charge in [-0.3, -0.25) is 4.79 Å². The van der Waals surface area contributed by atoms with Crippen LogP contribution in [-0.2, 0) is 16.0 Å². The highest BCUT2D eigenvalue weighted by atomic mass is 19.1. The van der Waals surface area contributed by atoms with Crippen molar-refractivity contribution in [1.29, 1.82) is 0 Å². The molecule has 1 aromatic rings. The van der Waals surface area contributed by atoms with Crippen LogP contribution in [-0.4, -0.2) is 25.7 Å². The minimum absolute atomic E-state index is 0.0761. The zero-order valence-electron chi connectivity index (χ0n) is 11.0. The minimum Gasteiger partial charge on any atom is -0.381 e. The molecule has 1 aliphatic rings. The molecule has 4 heteroatoms. The van der Waals surface area contributed by atoms with Gasteiger partial charge in [0, 0.05) is 19.8 Å². The number of benzene rings is 1. The van der Waals surface area contributed by atoms with Crippen molar-refractivity contribution in [2.45, 2.75) is 25.7 Å². The molecule has 1 N–H and O–H groups in total. The third-order valence-corrected chi connectivity index (χ3v) is 3.09. The number of hydrogen-bond acceptors (Lipinski definition) is 2. The summed E-state index contributed by atoms with van der Waals surface area (Å²) in [5.74, 6) is 0.397. The van der Waals surface area contributed by atoms with E-state index in [9.17, 15) is 9.18 Å². The SMILES string of the molecule is O=C(Cc1cccc(F)c1)NCCCOCC1CC1. The van der Waals surface area contributed by atoms with Gasteiger partial charge in [0.25, 0.3) is 0 Å². The van der Waals surface area contributed by atoms with Crippen molar-refractivity contribution in [2.75, 3.05) is 19.8 Å². The molecule has 1 fully saturated rings. The van der Waals surface area contributed by atoms with Crippen molar-refractivity contribution in [3.63, 3.8) is 0 Å². The summed E-state index contributed by atoms with van der Waals surface area (Å²) in [5.41, 5.74) is 0.697. The Morgan fingerprint density at radius 1 is 1.42 bits per heavy atom. The lowest BCUT2D eigenvalue weighted by Crippen LogP contribution is -2.26. The molecule has 0 aliphatic heterocycles. The van der Waals surface area contributed by atoms with Gasteiger partial charge in [-0.05, 0) is 42.9 Å². The summed E-state index contributed by atoms with van der Waals surface area (Å²) in [7, 11) is 0. The van der Waals surface area contributed by atoms with Crippen LogP contribution in [0.4, 0.5) is 4.39 Å². The highest BCUT2D eigenvalue weighted by Crippen LogP contribution is 2.28. The van der Waals surface area contributed by atoms with Gasteiger partial charge in [-0.2, -0.15) is 0 Å². The van der Waals surface area contributed by atoms with Crippen LogP contribution in [0, 0.1) is 11.7 Å². The lowest BCUT2D eigenvalue weighted by Gasteiger charge is -2.06. The number of amides is 1. The molecule has 0 radical (unpaired) electrons. The maximum Gasteiger partial charge on any atom is 0.224 e. The summed E-state index contributed by atoms with van der Waals surface area (Å²) in [6, 6.07) is 6.13. The summed E-state index contributed by atoms with van der Waals surface area (Å²) in [6.45, 7) is 2.16. The topological polar surface area (TPSA) is 38.3 Å². The Kier molecular flexibility index (Phi) is 5.33. The third-order valence-electron chi connectivity index (χ3n) is 3.09. The molecule has 0 heterocycles. The van der Waals surface area contributed by atoms with E-state index in [1.165, 1.54) is 25.0 Å². The molecule has 2 rings (SSSR count). The molecule has 1 aliphatic carbocycles. The Labute approximate surface area is 113 Å². The fourth-order valence-electron chi connectivity index (χ4n) is 1.83. The first kappa shape index (κ1) is 14.0. The number of carbonyl (C=O) groups is 1. The molecule has 0 saturated heterocycles. The minimum atomic E-state index is -0.307. The van der Waals surface area contributed by atoms with Crippen molar-refractivity contribution >= 4 is 5.91 Å². The van der Waals surface area contributed by atoms with Crippen LogP contribution in [0.2, 0.25) is 0 Å². The fraction of sp³-hybridized carbons (Fsp3) is 0.533. The predicted octanol–water partition coefficient (Wildman–Crippen LogP) is 2.30. The first-order valence-corrected chi connectivity index (χ1v) is 6.83. The average Bonchev–Trinajstić information content (AvgIpc) is 3.17. The van der Waals surface area contributed by atoms with Crippen molar-refractivity contribution in [2.24, 2.45) is 5.92 Å². The van der Waals surface area contributed by atoms with Gasteiger partial charge in [0.2, 0.25) is 5.91 Å². The van der Waals surface area contributed by atoms with Gasteiger partial charge in [0.1, 0.15) is 5.82 Å². The molecule has 0 spiro atoms. The number of rotatable bonds is 8. The van der Waals surface area contributed by atoms with E-state index in [4.69, 9.17) is 4.74 Å². The van der Waals surface area contributed by atoms with Crippen LogP contribution in [0.5, 0.6) is 0 Å². The van der Waals surface area contributed by atoms with Gasteiger partial charge in [0.15, 0.2) is 0 Å². The molecule has 1 amide bonds. The van der Waals surface area contributed by atoms with Crippen LogP contribution < -0.4 is 5.32 Å². The number of nitrogens with one attached hydrogen (secondary N) is 1. The van der Waals surface area contributed by atoms with Crippen molar-refractivity contribution in [1.82, 2.24) is 5.32 Å². The monoisotopic (exact) mass is 265 g/mol. The summed E-state index contributed by atoms with van der Waals surface area (Å²) in [5, 5.41) is 2.81. The summed E-state index contributed by atoms with van der Waals surface area (Å²) < 4.78 is 18.4. The fourth-order valence-corrected chi connectivity index (χ4v) is 1.83. The van der Waals surface area contributed by atoms with E-state index in [2.05, 4.69) is 5.32 Å². The lowest BCUT2D eigenvalue weighted by atomic mass is 10.1. The smallest absolute Gasteiger partial charge is 0.224 e. The Balaban J connectivity index is 1.53. The van der Waals surface area contributed by atoms with Crippen molar-refractivity contribution in [3.8, 4) is 0 Å². The summed E-state index contributed by atoms with van der Waals surface area (Å²) >= 11 is 0. The van der Waals surface area contributed by atoms with Gasteiger partial charge in [0.05, 0.1) is 6.42 Å². The van der Waals surface area contributed by atoms with Crippen LogP contribution in [0.3, 0.4) is 0 Å². The average molecular weight is 265 g/mol. The van der Waals surface area contributed by atoms with E-state index in [1.54, 1.807) is 12.1 Å². The maximum atomic E-state index is 12.9. The first-order chi connectivity index (χ1) is 9.24. The summed E-state index contributed by atoms with van der Waals surface area (Å²) in [4.78, 5) is 11.6. The molecule has 0 atom stereocenters. The number of halogens is 1. The van der Waals surface area contributed by atoms with Crippen LogP contribution in [0.15, 0.2) is 24.3 Å². The molecule has 0 aromatic heterocycles. The second kappa shape index (κ2) is 7.24. The lowest BCUT2D eigenvalue weighted by molar-refractivity contribution is -0.120. The van der Waals surface area contributed by atoms with E-state index >= 15 is 0 Å². The van der Waals surface area contributed by atoms with Crippen LogP contribution in [0.25, 0.3) is 0 Å². The van der Waals surface area contributed by atoms with Crippen molar-refractivity contribution in [3.05, 3.63) is 35.6 Å². The highest BCUT2D eigenvalue weighted by Gasteiger charge is 2.20. The van der Waals surface area contributed by atoms with Crippen molar-refractivity contribution < 1.29 is 13.9 Å². The predicted molar refractivity (Wildman–Crippen MR) is 71.3 cm³/mol. The van der Waals surface area contributed by atoms with E-state index in [1.807, 2.05) is 0 Å². The normalized spacial score (nSPS) is 14.4. The van der Waals surface area contributed by atoms with Gasteiger partial charge < -0.3 is 10.1 Å². The molecule has 19 heavy (non-hydrogen) atoms. The van der Waals surface area contributed by atoms with Gasteiger partial charge in [-0.1, -0.05) is 12.1 Å². The summed E-state index contributed by atoms with van der Waals surface area (Å²) in [6.07, 6.45) is 3.64. The second-order valence-electron chi connectivity index (χ2n) is 5.03. The first-order valence-electron chi connectivity index (χ1n) is 6.83. The molecule has 3 nitrogen and oxygen atoms in total. The number of hydrogen-bond donors (Lipinski definition) is 1. The quantitative estimate of drug-likeness (QED) is 0.732. The molecular weight excluding hydrogens is 245 g/mol. The molecular formula is C15H20FNO2. The van der Waals surface area contributed by atoms with E-state index in [-0.39, 0.29) is 18.1 Å². The van der Waals surface area contributed by atoms with Gasteiger partial charge in [-0.15, -0.1) is 0 Å². The molecule has 104 valence electrons. The number of carbonyl (C=O) groups excluding carboxylic acids is 1. The van der Waals surface area contributed by atoms with E-state index in [0.29, 0.717) is 18.7 Å². The molecule has 0 unspecified atom stereocenters. The Bertz CT molecular complexity index is 418. The Morgan fingerprint density at radius 2 is 2.26 bits per heavy atom. The molecule has 1 saturated carbocycles. The van der Waals surface area contributed by atoms with Gasteiger partial charge in [-0.25, -0.2) is 4.39 Å². The largest absolute Gasteiger partial charge is 0.381 e.